The highest BCUT2D eigenvalue weighted by atomic mass is 79.9. The lowest BCUT2D eigenvalue weighted by Gasteiger charge is -2.36. The van der Waals surface area contributed by atoms with Gasteiger partial charge >= 0.3 is 0 Å². The maximum absolute atomic E-state index is 16.4. The second-order valence-corrected chi connectivity index (χ2v) is 13.1. The second-order valence-electron chi connectivity index (χ2n) is 8.33. The molecule has 1 aliphatic rings. The zero-order chi connectivity index (χ0) is 26.5. The van der Waals surface area contributed by atoms with Crippen molar-refractivity contribution in [3.63, 3.8) is 0 Å². The molecule has 1 amide bonds. The fourth-order valence-electron chi connectivity index (χ4n) is 4.17. The molecule has 0 radical (unpaired) electrons. The van der Waals surface area contributed by atoms with Gasteiger partial charge in [-0.3, -0.25) is 4.79 Å². The van der Waals surface area contributed by atoms with Crippen LogP contribution in [0.15, 0.2) is 68.9 Å². The van der Waals surface area contributed by atoms with Crippen molar-refractivity contribution in [2.45, 2.75) is 28.3 Å². The molecule has 1 saturated heterocycles. The van der Waals surface area contributed by atoms with Gasteiger partial charge in [0.1, 0.15) is 15.7 Å². The quantitative estimate of drug-likeness (QED) is 0.428. The third kappa shape index (κ3) is 4.92. The van der Waals surface area contributed by atoms with Gasteiger partial charge < -0.3 is 4.90 Å². The van der Waals surface area contributed by atoms with E-state index >= 15 is 4.39 Å². The first-order valence-corrected chi connectivity index (χ1v) is 15.1. The topological polar surface area (TPSA) is 128 Å². The Balaban J connectivity index is 1.74. The zero-order valence-electron chi connectivity index (χ0n) is 18.8. The molecule has 0 spiro atoms. The SMILES string of the molecule is CS(=O)(=O)c1ccccc1-c1ccc(N2CCCC(F)(c3nc(Cl)c(Br)cc3S(N)(=O)=O)C2=O)cc1. The molecule has 1 atom stereocenters. The van der Waals surface area contributed by atoms with Crippen LogP contribution < -0.4 is 10.0 Å². The van der Waals surface area contributed by atoms with E-state index in [0.717, 1.165) is 12.3 Å². The molecule has 0 saturated carbocycles. The number of pyridine rings is 1. The van der Waals surface area contributed by atoms with Gasteiger partial charge in [-0.25, -0.2) is 31.3 Å². The van der Waals surface area contributed by atoms with E-state index in [-0.39, 0.29) is 33.9 Å². The highest BCUT2D eigenvalue weighted by molar-refractivity contribution is 9.10. The van der Waals surface area contributed by atoms with E-state index in [0.29, 0.717) is 16.8 Å². The number of primary sulfonamides is 1. The fraction of sp³-hybridized carbons (Fsp3) is 0.217. The average Bonchev–Trinajstić information content (AvgIpc) is 2.81. The van der Waals surface area contributed by atoms with Crippen LogP contribution in [-0.4, -0.2) is 40.5 Å². The Bertz CT molecular complexity index is 1580. The molecule has 1 aromatic heterocycles. The summed E-state index contributed by atoms with van der Waals surface area (Å²) < 4.78 is 65.1. The van der Waals surface area contributed by atoms with Crippen LogP contribution in [0, 0.1) is 0 Å². The number of hydrogen-bond donors (Lipinski definition) is 1. The summed E-state index contributed by atoms with van der Waals surface area (Å²) in [5, 5.41) is 5.07. The molecule has 1 aliphatic heterocycles. The summed E-state index contributed by atoms with van der Waals surface area (Å²) in [7, 11) is -7.91. The molecule has 8 nitrogen and oxygen atoms in total. The zero-order valence-corrected chi connectivity index (χ0v) is 22.8. The molecular formula is C23H20BrClFN3O5S2. The largest absolute Gasteiger partial charge is 0.309 e. The van der Waals surface area contributed by atoms with Crippen LogP contribution in [0.3, 0.4) is 0 Å². The van der Waals surface area contributed by atoms with Crippen molar-refractivity contribution in [3.8, 4) is 11.1 Å². The molecule has 1 unspecified atom stereocenters. The lowest BCUT2D eigenvalue weighted by atomic mass is 9.89. The summed E-state index contributed by atoms with van der Waals surface area (Å²) in [4.78, 5) is 18.0. The number of carbonyl (C=O) groups is 1. The Labute approximate surface area is 221 Å². The first kappa shape index (κ1) is 26.7. The second kappa shape index (κ2) is 9.49. The number of nitrogens with two attached hydrogens (primary N) is 1. The minimum atomic E-state index is -4.43. The van der Waals surface area contributed by atoms with Crippen molar-refractivity contribution in [2.24, 2.45) is 5.14 Å². The molecule has 13 heteroatoms. The standard InChI is InChI=1S/C23H20BrClFN3O5S2/c1-35(31,32)18-6-3-2-5-16(18)14-7-9-15(10-8-14)29-12-4-11-23(26,22(29)30)20-19(36(27,33)34)13-17(24)21(25)28-20/h2-3,5-10,13H,4,11-12H2,1H3,(H2,27,33,34). The predicted molar refractivity (Wildman–Crippen MR) is 138 cm³/mol. The van der Waals surface area contributed by atoms with Crippen LogP contribution >= 0.6 is 27.5 Å². The third-order valence-corrected chi connectivity index (χ3v) is 9.04. The van der Waals surface area contributed by atoms with Gasteiger partial charge in [-0.2, -0.15) is 0 Å². The molecule has 0 aliphatic carbocycles. The predicted octanol–water partition coefficient (Wildman–Crippen LogP) is 4.21. The van der Waals surface area contributed by atoms with Gasteiger partial charge in [0, 0.05) is 24.1 Å². The van der Waals surface area contributed by atoms with Crippen molar-refractivity contribution < 1.29 is 26.0 Å². The molecule has 3 aromatic rings. The van der Waals surface area contributed by atoms with Gasteiger partial charge in [0.15, 0.2) is 9.84 Å². The molecular weight excluding hydrogens is 597 g/mol. The van der Waals surface area contributed by atoms with Gasteiger partial charge in [0.2, 0.25) is 15.7 Å². The number of piperidine rings is 1. The van der Waals surface area contributed by atoms with Gasteiger partial charge in [0.05, 0.1) is 9.37 Å². The van der Waals surface area contributed by atoms with Crippen LogP contribution in [0.2, 0.25) is 5.15 Å². The number of anilines is 1. The molecule has 2 aromatic carbocycles. The summed E-state index contributed by atoms with van der Waals surface area (Å²) in [5.74, 6) is -1.01. The Morgan fingerprint density at radius 2 is 1.72 bits per heavy atom. The van der Waals surface area contributed by atoms with Crippen molar-refractivity contribution in [3.05, 3.63) is 69.9 Å². The number of carbonyl (C=O) groups excluding carboxylic acids is 1. The third-order valence-electron chi connectivity index (χ3n) is 5.84. The van der Waals surface area contributed by atoms with Crippen molar-refractivity contribution >= 4 is 59.0 Å². The van der Waals surface area contributed by atoms with Crippen LogP contribution in [0.25, 0.3) is 11.1 Å². The number of alkyl halides is 1. The lowest BCUT2D eigenvalue weighted by Crippen LogP contribution is -2.50. The number of sulfonamides is 1. The number of rotatable bonds is 5. The first-order chi connectivity index (χ1) is 16.7. The molecule has 2 heterocycles. The molecule has 2 N–H and O–H groups in total. The Kier molecular flexibility index (Phi) is 7.03. The summed E-state index contributed by atoms with van der Waals surface area (Å²) in [5.41, 5.74) is -2.02. The summed E-state index contributed by atoms with van der Waals surface area (Å²) >= 11 is 9.06. The number of halogens is 3. The maximum Gasteiger partial charge on any atom is 0.271 e. The van der Waals surface area contributed by atoms with E-state index in [2.05, 4.69) is 20.9 Å². The van der Waals surface area contributed by atoms with Gasteiger partial charge in [-0.15, -0.1) is 0 Å². The number of nitrogens with zero attached hydrogens (tertiary/aromatic N) is 2. The number of benzene rings is 2. The van der Waals surface area contributed by atoms with E-state index in [1.54, 1.807) is 42.5 Å². The number of aromatic nitrogens is 1. The van der Waals surface area contributed by atoms with E-state index in [4.69, 9.17) is 16.7 Å². The molecule has 4 rings (SSSR count). The van der Waals surface area contributed by atoms with Crippen molar-refractivity contribution in [1.29, 1.82) is 0 Å². The van der Waals surface area contributed by atoms with Gasteiger partial charge in [0.25, 0.3) is 5.91 Å². The highest BCUT2D eigenvalue weighted by Crippen LogP contribution is 2.42. The minimum Gasteiger partial charge on any atom is -0.309 e. The lowest BCUT2D eigenvalue weighted by molar-refractivity contribution is -0.133. The molecule has 190 valence electrons. The Morgan fingerprint density at radius 3 is 2.33 bits per heavy atom. The van der Waals surface area contributed by atoms with E-state index in [1.807, 2.05) is 0 Å². The summed E-state index contributed by atoms with van der Waals surface area (Å²) in [6, 6.07) is 13.9. The normalized spacial score (nSPS) is 18.9. The van der Waals surface area contributed by atoms with Crippen LogP contribution in [0.1, 0.15) is 18.5 Å². The molecule has 1 fully saturated rings. The van der Waals surface area contributed by atoms with E-state index < -0.39 is 42.0 Å². The van der Waals surface area contributed by atoms with Crippen LogP contribution in [0.5, 0.6) is 0 Å². The van der Waals surface area contributed by atoms with Crippen molar-refractivity contribution in [1.82, 2.24) is 4.98 Å². The fourth-order valence-corrected chi connectivity index (χ4v) is 6.45. The molecule has 36 heavy (non-hydrogen) atoms. The average molecular weight is 617 g/mol. The monoisotopic (exact) mass is 615 g/mol. The summed E-state index contributed by atoms with van der Waals surface area (Å²) in [6.07, 6.45) is 1.02. The number of hydrogen-bond acceptors (Lipinski definition) is 6. The highest BCUT2D eigenvalue weighted by Gasteiger charge is 2.50. The van der Waals surface area contributed by atoms with Crippen LogP contribution in [-0.2, 0) is 30.3 Å². The smallest absolute Gasteiger partial charge is 0.271 e. The minimum absolute atomic E-state index is 0.0885. The summed E-state index contributed by atoms with van der Waals surface area (Å²) in [6.45, 7) is 0.179. The Morgan fingerprint density at radius 1 is 1.08 bits per heavy atom. The van der Waals surface area contributed by atoms with Gasteiger partial charge in [-0.1, -0.05) is 41.9 Å². The van der Waals surface area contributed by atoms with Crippen LogP contribution in [0.4, 0.5) is 10.1 Å². The maximum atomic E-state index is 16.4. The van der Waals surface area contributed by atoms with Crippen molar-refractivity contribution in [2.75, 3.05) is 17.7 Å². The first-order valence-electron chi connectivity index (χ1n) is 10.5. The van der Waals surface area contributed by atoms with Gasteiger partial charge in [-0.05, 0) is 58.6 Å². The number of sulfone groups is 1. The number of amides is 1. The van der Waals surface area contributed by atoms with E-state index in [1.165, 1.54) is 11.0 Å². The Hall–Kier alpha value is -2.38. The molecule has 0 bridgehead atoms. The van der Waals surface area contributed by atoms with E-state index in [9.17, 15) is 21.6 Å².